The van der Waals surface area contributed by atoms with Crippen LogP contribution in [0.5, 0.6) is 0 Å². The van der Waals surface area contributed by atoms with Crippen LogP contribution >= 0.6 is 0 Å². The van der Waals surface area contributed by atoms with Crippen molar-refractivity contribution < 1.29 is 14.7 Å². The van der Waals surface area contributed by atoms with Crippen LogP contribution in [0.4, 0.5) is 0 Å². The van der Waals surface area contributed by atoms with Gasteiger partial charge in [0.15, 0.2) is 0 Å². The van der Waals surface area contributed by atoms with Gasteiger partial charge in [0.25, 0.3) is 0 Å². The Morgan fingerprint density at radius 1 is 1.04 bits per heavy atom. The van der Waals surface area contributed by atoms with Gasteiger partial charge in [0.05, 0.1) is 5.92 Å². The summed E-state index contributed by atoms with van der Waals surface area (Å²) in [5, 5.41) is 12.3. The minimum absolute atomic E-state index is 0.156. The SMILES string of the molecule is O=C(N[C@@H](Cc1ccccc1)C(=O)O)[C@H]1CCCN(Cc2ccccc2)C1. The molecule has 5 nitrogen and oxygen atoms in total. The van der Waals surface area contributed by atoms with E-state index < -0.39 is 12.0 Å². The standard InChI is InChI=1S/C22H26N2O3/c25-21(23-20(22(26)27)14-17-8-3-1-4-9-17)19-12-7-13-24(16-19)15-18-10-5-2-6-11-18/h1-6,8-11,19-20H,7,12-16H2,(H,23,25)(H,26,27)/t19-,20-/m0/s1. The van der Waals surface area contributed by atoms with Crippen LogP contribution in [-0.4, -0.2) is 41.0 Å². The van der Waals surface area contributed by atoms with Gasteiger partial charge in [-0.1, -0.05) is 60.7 Å². The highest BCUT2D eigenvalue weighted by atomic mass is 16.4. The van der Waals surface area contributed by atoms with Crippen LogP contribution in [0.3, 0.4) is 0 Å². The minimum Gasteiger partial charge on any atom is -0.480 e. The zero-order chi connectivity index (χ0) is 19.1. The fourth-order valence-electron chi connectivity index (χ4n) is 3.59. The number of carbonyl (C=O) groups excluding carboxylic acids is 1. The number of carboxylic acids is 1. The average Bonchev–Trinajstić information content (AvgIpc) is 2.69. The molecular formula is C22H26N2O3. The van der Waals surface area contributed by atoms with E-state index in [0.717, 1.165) is 31.5 Å². The molecule has 0 spiro atoms. The van der Waals surface area contributed by atoms with Crippen LogP contribution in [-0.2, 0) is 22.6 Å². The van der Waals surface area contributed by atoms with Crippen LogP contribution in [0, 0.1) is 5.92 Å². The zero-order valence-electron chi connectivity index (χ0n) is 15.4. The first kappa shape index (κ1) is 19.1. The van der Waals surface area contributed by atoms with E-state index in [-0.39, 0.29) is 11.8 Å². The molecule has 1 aliphatic heterocycles. The van der Waals surface area contributed by atoms with Gasteiger partial charge in [-0.05, 0) is 30.5 Å². The average molecular weight is 366 g/mol. The van der Waals surface area contributed by atoms with Gasteiger partial charge in [-0.3, -0.25) is 9.69 Å². The molecule has 2 aromatic rings. The molecular weight excluding hydrogens is 340 g/mol. The molecule has 5 heteroatoms. The summed E-state index contributed by atoms with van der Waals surface area (Å²) >= 11 is 0. The molecule has 27 heavy (non-hydrogen) atoms. The Kier molecular flexibility index (Phi) is 6.60. The van der Waals surface area contributed by atoms with Crippen molar-refractivity contribution in [3.8, 4) is 0 Å². The molecule has 0 unspecified atom stereocenters. The Morgan fingerprint density at radius 2 is 1.67 bits per heavy atom. The molecule has 0 aliphatic carbocycles. The summed E-state index contributed by atoms with van der Waals surface area (Å²) in [4.78, 5) is 26.6. The number of piperidine rings is 1. The molecule has 3 rings (SSSR count). The maximum Gasteiger partial charge on any atom is 0.326 e. The molecule has 2 atom stereocenters. The fourth-order valence-corrected chi connectivity index (χ4v) is 3.59. The smallest absolute Gasteiger partial charge is 0.326 e. The van der Waals surface area contributed by atoms with Gasteiger partial charge in [0.2, 0.25) is 5.91 Å². The second kappa shape index (κ2) is 9.33. The number of hydrogen-bond acceptors (Lipinski definition) is 3. The third kappa shape index (κ3) is 5.66. The highest BCUT2D eigenvalue weighted by Crippen LogP contribution is 2.19. The molecule has 0 aromatic heterocycles. The van der Waals surface area contributed by atoms with Crippen LogP contribution in [0.2, 0.25) is 0 Å². The summed E-state index contributed by atoms with van der Waals surface area (Å²) in [6.45, 7) is 2.44. The molecule has 0 radical (unpaired) electrons. The lowest BCUT2D eigenvalue weighted by atomic mass is 9.95. The van der Waals surface area contributed by atoms with Gasteiger partial charge < -0.3 is 10.4 Å². The fraction of sp³-hybridized carbons (Fsp3) is 0.364. The van der Waals surface area contributed by atoms with Crippen molar-refractivity contribution in [2.24, 2.45) is 5.92 Å². The first-order valence-corrected chi connectivity index (χ1v) is 9.45. The highest BCUT2D eigenvalue weighted by Gasteiger charge is 2.29. The summed E-state index contributed by atoms with van der Waals surface area (Å²) in [6, 6.07) is 18.7. The number of amides is 1. The van der Waals surface area contributed by atoms with E-state index >= 15 is 0 Å². The van der Waals surface area contributed by atoms with E-state index in [1.807, 2.05) is 48.5 Å². The van der Waals surface area contributed by atoms with Crippen molar-refractivity contribution >= 4 is 11.9 Å². The van der Waals surface area contributed by atoms with E-state index in [0.29, 0.717) is 13.0 Å². The van der Waals surface area contributed by atoms with Gasteiger partial charge in [-0.2, -0.15) is 0 Å². The number of rotatable bonds is 7. The molecule has 0 saturated carbocycles. The van der Waals surface area contributed by atoms with Gasteiger partial charge in [-0.15, -0.1) is 0 Å². The van der Waals surface area contributed by atoms with Gasteiger partial charge in [-0.25, -0.2) is 4.79 Å². The monoisotopic (exact) mass is 366 g/mol. The molecule has 1 aliphatic rings. The largest absolute Gasteiger partial charge is 0.480 e. The quantitative estimate of drug-likeness (QED) is 0.791. The predicted octanol–water partition coefficient (Wildman–Crippen LogP) is 2.71. The Balaban J connectivity index is 1.57. The second-order valence-corrected chi connectivity index (χ2v) is 7.15. The lowest BCUT2D eigenvalue weighted by molar-refractivity contribution is -0.142. The summed E-state index contributed by atoms with van der Waals surface area (Å²) < 4.78 is 0. The number of likely N-dealkylation sites (tertiary alicyclic amines) is 1. The van der Waals surface area contributed by atoms with Crippen molar-refractivity contribution in [3.63, 3.8) is 0 Å². The number of hydrogen-bond donors (Lipinski definition) is 2. The Morgan fingerprint density at radius 3 is 2.30 bits per heavy atom. The molecule has 1 heterocycles. The molecule has 2 aromatic carbocycles. The first-order chi connectivity index (χ1) is 13.1. The molecule has 1 fully saturated rings. The Labute approximate surface area is 160 Å². The third-order valence-electron chi connectivity index (χ3n) is 5.02. The van der Waals surface area contributed by atoms with Crippen LogP contribution in [0.1, 0.15) is 24.0 Å². The van der Waals surface area contributed by atoms with E-state index in [1.54, 1.807) is 0 Å². The van der Waals surface area contributed by atoms with Crippen molar-refractivity contribution in [3.05, 3.63) is 71.8 Å². The Hall–Kier alpha value is -2.66. The summed E-state index contributed by atoms with van der Waals surface area (Å²) in [7, 11) is 0. The first-order valence-electron chi connectivity index (χ1n) is 9.45. The van der Waals surface area contributed by atoms with Crippen LogP contribution in [0.15, 0.2) is 60.7 Å². The van der Waals surface area contributed by atoms with Gasteiger partial charge in [0.1, 0.15) is 6.04 Å². The molecule has 2 N–H and O–H groups in total. The topological polar surface area (TPSA) is 69.6 Å². The number of carbonyl (C=O) groups is 2. The van der Waals surface area contributed by atoms with E-state index in [4.69, 9.17) is 0 Å². The second-order valence-electron chi connectivity index (χ2n) is 7.15. The number of nitrogens with zero attached hydrogens (tertiary/aromatic N) is 1. The van der Waals surface area contributed by atoms with E-state index in [2.05, 4.69) is 22.3 Å². The number of aliphatic carboxylic acids is 1. The van der Waals surface area contributed by atoms with Crippen molar-refractivity contribution in [2.75, 3.05) is 13.1 Å². The maximum absolute atomic E-state index is 12.7. The van der Waals surface area contributed by atoms with Crippen molar-refractivity contribution in [2.45, 2.75) is 31.8 Å². The lowest BCUT2D eigenvalue weighted by Gasteiger charge is -2.32. The summed E-state index contributed by atoms with van der Waals surface area (Å²) in [5.41, 5.74) is 2.13. The maximum atomic E-state index is 12.7. The van der Waals surface area contributed by atoms with E-state index in [1.165, 1.54) is 5.56 Å². The lowest BCUT2D eigenvalue weighted by Crippen LogP contribution is -2.48. The third-order valence-corrected chi connectivity index (χ3v) is 5.02. The van der Waals surface area contributed by atoms with E-state index in [9.17, 15) is 14.7 Å². The van der Waals surface area contributed by atoms with Gasteiger partial charge in [0, 0.05) is 19.5 Å². The van der Waals surface area contributed by atoms with Gasteiger partial charge >= 0.3 is 5.97 Å². The molecule has 142 valence electrons. The summed E-state index contributed by atoms with van der Waals surface area (Å²) in [6.07, 6.45) is 2.04. The zero-order valence-corrected chi connectivity index (χ0v) is 15.4. The normalized spacial score (nSPS) is 18.6. The predicted molar refractivity (Wildman–Crippen MR) is 104 cm³/mol. The number of benzene rings is 2. The molecule has 1 saturated heterocycles. The number of carboxylic acid groups (broad SMARTS) is 1. The summed E-state index contributed by atoms with van der Waals surface area (Å²) in [5.74, 6) is -1.32. The van der Waals surface area contributed by atoms with Crippen LogP contribution < -0.4 is 5.32 Å². The highest BCUT2D eigenvalue weighted by molar-refractivity contribution is 5.85. The van der Waals surface area contributed by atoms with Crippen LogP contribution in [0.25, 0.3) is 0 Å². The minimum atomic E-state index is -0.996. The van der Waals surface area contributed by atoms with Crippen molar-refractivity contribution in [1.29, 1.82) is 0 Å². The molecule has 1 amide bonds. The number of nitrogens with one attached hydrogen (secondary N) is 1. The Bertz CT molecular complexity index is 749. The molecule has 0 bridgehead atoms. The van der Waals surface area contributed by atoms with Crippen molar-refractivity contribution in [1.82, 2.24) is 10.2 Å².